The minimum Gasteiger partial charge on any atom is -0.450 e. The van der Waals surface area contributed by atoms with Crippen molar-refractivity contribution in [2.45, 2.75) is 13.5 Å². The number of ether oxygens (including phenoxy) is 1. The first-order valence-electron chi connectivity index (χ1n) is 4.32. The van der Waals surface area contributed by atoms with E-state index in [1.165, 1.54) is 0 Å². The van der Waals surface area contributed by atoms with Crippen LogP contribution in [0.1, 0.15) is 12.5 Å². The molecule has 1 heterocycles. The molecule has 0 unspecified atom stereocenters. The van der Waals surface area contributed by atoms with Crippen LogP contribution in [-0.4, -0.2) is 22.5 Å². The molecule has 0 aliphatic heterocycles. The molecular weight excluding hydrogens is 184 g/mol. The van der Waals surface area contributed by atoms with Gasteiger partial charge in [-0.3, -0.25) is 4.68 Å². The van der Waals surface area contributed by atoms with Crippen LogP contribution in [0.2, 0.25) is 0 Å². The Morgan fingerprint density at radius 2 is 2.50 bits per heavy atom. The first-order valence-corrected chi connectivity index (χ1v) is 4.32. The van der Waals surface area contributed by atoms with Crippen LogP contribution in [0.3, 0.4) is 0 Å². The Bertz CT molecular complexity index is 321. The maximum Gasteiger partial charge on any atom is 0.407 e. The molecule has 1 aromatic heterocycles. The maximum absolute atomic E-state index is 10.9. The van der Waals surface area contributed by atoms with E-state index in [4.69, 9.17) is 10.5 Å². The summed E-state index contributed by atoms with van der Waals surface area (Å²) in [5, 5.41) is 6.50. The summed E-state index contributed by atoms with van der Waals surface area (Å²) in [5.74, 6) is 0.543. The molecule has 78 valence electrons. The Morgan fingerprint density at radius 3 is 3.00 bits per heavy atom. The van der Waals surface area contributed by atoms with Crippen LogP contribution in [0, 0.1) is 0 Å². The second-order valence-corrected chi connectivity index (χ2v) is 2.75. The maximum atomic E-state index is 10.9. The highest BCUT2D eigenvalue weighted by atomic mass is 16.5. The molecule has 1 rings (SSSR count). The first kappa shape index (κ1) is 10.4. The number of anilines is 1. The Hall–Kier alpha value is -1.72. The van der Waals surface area contributed by atoms with Crippen LogP contribution in [0.4, 0.5) is 10.6 Å². The van der Waals surface area contributed by atoms with Crippen molar-refractivity contribution in [2.24, 2.45) is 7.05 Å². The van der Waals surface area contributed by atoms with E-state index < -0.39 is 6.09 Å². The number of aromatic nitrogens is 2. The summed E-state index contributed by atoms with van der Waals surface area (Å²) in [5.41, 5.74) is 6.45. The minimum atomic E-state index is -0.448. The fourth-order valence-corrected chi connectivity index (χ4v) is 0.978. The van der Waals surface area contributed by atoms with E-state index in [0.29, 0.717) is 19.0 Å². The van der Waals surface area contributed by atoms with Crippen LogP contribution in [0.25, 0.3) is 0 Å². The molecule has 0 saturated heterocycles. The lowest BCUT2D eigenvalue weighted by molar-refractivity contribution is 0.151. The van der Waals surface area contributed by atoms with E-state index in [-0.39, 0.29) is 0 Å². The minimum absolute atomic E-state index is 0.332. The van der Waals surface area contributed by atoms with E-state index in [0.717, 1.165) is 5.56 Å². The Kier molecular flexibility index (Phi) is 3.33. The third-order valence-corrected chi connectivity index (χ3v) is 1.76. The van der Waals surface area contributed by atoms with E-state index >= 15 is 0 Å². The Labute approximate surface area is 82.0 Å². The summed E-state index contributed by atoms with van der Waals surface area (Å²) in [6.07, 6.45) is 1.16. The molecule has 0 spiro atoms. The van der Waals surface area contributed by atoms with Gasteiger partial charge in [-0.05, 0) is 6.92 Å². The molecule has 0 fully saturated rings. The van der Waals surface area contributed by atoms with E-state index in [1.807, 2.05) is 0 Å². The van der Waals surface area contributed by atoms with Gasteiger partial charge in [-0.15, -0.1) is 0 Å². The quantitative estimate of drug-likeness (QED) is 0.729. The van der Waals surface area contributed by atoms with Crippen LogP contribution in [0.15, 0.2) is 6.20 Å². The van der Waals surface area contributed by atoms with Gasteiger partial charge in [-0.2, -0.15) is 5.10 Å². The van der Waals surface area contributed by atoms with Gasteiger partial charge in [-0.1, -0.05) is 0 Å². The largest absolute Gasteiger partial charge is 0.450 e. The fourth-order valence-electron chi connectivity index (χ4n) is 0.978. The lowest BCUT2D eigenvalue weighted by Crippen LogP contribution is -2.23. The number of hydrogen-bond acceptors (Lipinski definition) is 4. The van der Waals surface area contributed by atoms with Gasteiger partial charge in [-0.25, -0.2) is 4.79 Å². The number of hydrogen-bond donors (Lipinski definition) is 2. The van der Waals surface area contributed by atoms with E-state index in [9.17, 15) is 4.79 Å². The summed E-state index contributed by atoms with van der Waals surface area (Å²) >= 11 is 0. The molecule has 1 aromatic rings. The van der Waals surface area contributed by atoms with Crippen molar-refractivity contribution in [1.82, 2.24) is 15.1 Å². The standard InChI is InChI=1S/C8H14N4O2/c1-3-14-8(13)10-4-6-5-11-12(2)7(6)9/h5H,3-4,9H2,1-2H3,(H,10,13). The van der Waals surface area contributed by atoms with Crippen molar-refractivity contribution in [3.63, 3.8) is 0 Å². The highest BCUT2D eigenvalue weighted by Crippen LogP contribution is 2.08. The third-order valence-electron chi connectivity index (χ3n) is 1.76. The Morgan fingerprint density at radius 1 is 1.79 bits per heavy atom. The lowest BCUT2D eigenvalue weighted by atomic mass is 10.3. The summed E-state index contributed by atoms with van der Waals surface area (Å²) < 4.78 is 6.24. The molecule has 0 bridgehead atoms. The molecule has 0 radical (unpaired) electrons. The average molecular weight is 198 g/mol. The molecule has 0 aromatic carbocycles. The zero-order valence-electron chi connectivity index (χ0n) is 8.28. The van der Waals surface area contributed by atoms with Crippen molar-refractivity contribution < 1.29 is 9.53 Å². The molecule has 0 aliphatic carbocycles. The van der Waals surface area contributed by atoms with Crippen LogP contribution < -0.4 is 11.1 Å². The summed E-state index contributed by atoms with van der Waals surface area (Å²) in [4.78, 5) is 10.9. The number of carbonyl (C=O) groups excluding carboxylic acids is 1. The third kappa shape index (κ3) is 2.38. The van der Waals surface area contributed by atoms with E-state index in [1.54, 1.807) is 24.9 Å². The molecular formula is C8H14N4O2. The molecule has 0 aliphatic rings. The topological polar surface area (TPSA) is 82.2 Å². The lowest BCUT2D eigenvalue weighted by Gasteiger charge is -2.04. The summed E-state index contributed by atoms with van der Waals surface area (Å²) in [6.45, 7) is 2.44. The van der Waals surface area contributed by atoms with Gasteiger partial charge in [0, 0.05) is 12.6 Å². The van der Waals surface area contributed by atoms with E-state index in [2.05, 4.69) is 10.4 Å². The number of nitrogens with zero attached hydrogens (tertiary/aromatic N) is 2. The van der Waals surface area contributed by atoms with Crippen molar-refractivity contribution >= 4 is 11.9 Å². The number of aryl methyl sites for hydroxylation is 1. The Balaban J connectivity index is 2.46. The van der Waals surface area contributed by atoms with Gasteiger partial charge in [0.15, 0.2) is 0 Å². The number of amides is 1. The SMILES string of the molecule is CCOC(=O)NCc1cnn(C)c1N. The van der Waals surface area contributed by atoms with Crippen LogP contribution in [-0.2, 0) is 18.3 Å². The van der Waals surface area contributed by atoms with Crippen molar-refractivity contribution in [1.29, 1.82) is 0 Å². The van der Waals surface area contributed by atoms with Crippen molar-refractivity contribution in [2.75, 3.05) is 12.3 Å². The van der Waals surface area contributed by atoms with Gasteiger partial charge < -0.3 is 15.8 Å². The second kappa shape index (κ2) is 4.50. The number of rotatable bonds is 3. The number of nitrogens with one attached hydrogen (secondary N) is 1. The monoisotopic (exact) mass is 198 g/mol. The molecule has 0 atom stereocenters. The molecule has 0 saturated carbocycles. The molecule has 14 heavy (non-hydrogen) atoms. The molecule has 6 nitrogen and oxygen atoms in total. The average Bonchev–Trinajstić information content (AvgIpc) is 2.46. The smallest absolute Gasteiger partial charge is 0.407 e. The highest BCUT2D eigenvalue weighted by Gasteiger charge is 2.06. The zero-order valence-corrected chi connectivity index (χ0v) is 8.28. The van der Waals surface area contributed by atoms with Crippen LogP contribution in [0.5, 0.6) is 0 Å². The normalized spacial score (nSPS) is 9.86. The number of nitrogens with two attached hydrogens (primary N) is 1. The zero-order chi connectivity index (χ0) is 10.6. The summed E-state index contributed by atoms with van der Waals surface area (Å²) in [6, 6.07) is 0. The van der Waals surface area contributed by atoms with Crippen molar-refractivity contribution in [3.05, 3.63) is 11.8 Å². The summed E-state index contributed by atoms with van der Waals surface area (Å²) in [7, 11) is 1.74. The second-order valence-electron chi connectivity index (χ2n) is 2.75. The predicted octanol–water partition coefficient (Wildman–Crippen LogP) is 0.248. The fraction of sp³-hybridized carbons (Fsp3) is 0.500. The van der Waals surface area contributed by atoms with Gasteiger partial charge in [0.1, 0.15) is 5.82 Å². The number of nitrogen functional groups attached to an aromatic ring is 1. The van der Waals surface area contributed by atoms with Gasteiger partial charge in [0.05, 0.1) is 19.3 Å². The number of alkyl carbamates (subject to hydrolysis) is 1. The van der Waals surface area contributed by atoms with Gasteiger partial charge in [0.2, 0.25) is 0 Å². The van der Waals surface area contributed by atoms with Crippen molar-refractivity contribution in [3.8, 4) is 0 Å². The molecule has 6 heteroatoms. The first-order chi connectivity index (χ1) is 6.65. The van der Waals surface area contributed by atoms with Gasteiger partial charge in [0.25, 0.3) is 0 Å². The highest BCUT2D eigenvalue weighted by molar-refractivity contribution is 5.67. The van der Waals surface area contributed by atoms with Gasteiger partial charge >= 0.3 is 6.09 Å². The molecule has 3 N–H and O–H groups in total. The number of carbonyl (C=O) groups is 1. The molecule has 1 amide bonds. The van der Waals surface area contributed by atoms with Crippen LogP contribution >= 0.6 is 0 Å². The predicted molar refractivity (Wildman–Crippen MR) is 51.5 cm³/mol.